The second-order valence-electron chi connectivity index (χ2n) is 7.16. The number of rotatable bonds is 6. The maximum atomic E-state index is 8.80. The van der Waals surface area contributed by atoms with Crippen LogP contribution in [0.3, 0.4) is 0 Å². The molecule has 2 atom stereocenters. The Bertz CT molecular complexity index is 551. The lowest BCUT2D eigenvalue weighted by atomic mass is 9.98. The van der Waals surface area contributed by atoms with Crippen LogP contribution in [0.2, 0.25) is 0 Å². The van der Waals surface area contributed by atoms with E-state index in [1.54, 1.807) is 0 Å². The average Bonchev–Trinajstić information content (AvgIpc) is 2.65. The van der Waals surface area contributed by atoms with E-state index >= 15 is 0 Å². The molecule has 0 saturated carbocycles. The van der Waals surface area contributed by atoms with Gasteiger partial charge in [0, 0.05) is 31.7 Å². The van der Waals surface area contributed by atoms with E-state index in [1.165, 1.54) is 51.9 Å². The summed E-state index contributed by atoms with van der Waals surface area (Å²) >= 11 is 0. The second kappa shape index (κ2) is 8.50. The van der Waals surface area contributed by atoms with Crippen LogP contribution in [-0.2, 0) is 0 Å². The number of hydrogen-bond acceptors (Lipinski definition) is 4. The molecule has 2 saturated heterocycles. The number of nitrogens with zero attached hydrogens (tertiary/aromatic N) is 3. The molecule has 130 valence electrons. The zero-order valence-corrected chi connectivity index (χ0v) is 14.8. The second-order valence-corrected chi connectivity index (χ2v) is 7.16. The number of piperazine rings is 1. The normalized spacial score (nSPS) is 23.2. The smallest absolute Gasteiger partial charge is 0.119 e. The van der Waals surface area contributed by atoms with E-state index in [0.29, 0.717) is 11.6 Å². The summed E-state index contributed by atoms with van der Waals surface area (Å²) in [4.78, 5) is 5.37. The minimum Gasteiger partial charge on any atom is -0.494 e. The van der Waals surface area contributed by atoms with Crippen molar-refractivity contribution in [3.8, 4) is 11.8 Å². The summed E-state index contributed by atoms with van der Waals surface area (Å²) in [6.45, 7) is 8.13. The van der Waals surface area contributed by atoms with Crippen molar-refractivity contribution in [3.63, 3.8) is 0 Å². The van der Waals surface area contributed by atoms with Gasteiger partial charge < -0.3 is 4.74 Å². The molecule has 0 amide bonds. The lowest BCUT2D eigenvalue weighted by Gasteiger charge is -2.46. The summed E-state index contributed by atoms with van der Waals surface area (Å²) in [5.41, 5.74) is 0.679. The predicted molar refractivity (Wildman–Crippen MR) is 96.1 cm³/mol. The Balaban J connectivity index is 1.36. The summed E-state index contributed by atoms with van der Waals surface area (Å²) in [6, 6.07) is 10.9. The fourth-order valence-electron chi connectivity index (χ4n) is 3.96. The number of nitriles is 1. The third kappa shape index (κ3) is 4.49. The molecule has 1 aromatic rings. The van der Waals surface area contributed by atoms with Gasteiger partial charge in [0.05, 0.1) is 18.2 Å². The van der Waals surface area contributed by atoms with Gasteiger partial charge in [0.25, 0.3) is 0 Å². The molecule has 2 fully saturated rings. The van der Waals surface area contributed by atoms with Gasteiger partial charge in [0.15, 0.2) is 0 Å². The van der Waals surface area contributed by atoms with Gasteiger partial charge in [0.2, 0.25) is 0 Å². The molecule has 0 aromatic heterocycles. The van der Waals surface area contributed by atoms with E-state index in [0.717, 1.165) is 24.8 Å². The number of fused-ring (bicyclic) bond motifs is 1. The van der Waals surface area contributed by atoms with Crippen molar-refractivity contribution in [1.29, 1.82) is 5.26 Å². The molecule has 4 nitrogen and oxygen atoms in total. The maximum Gasteiger partial charge on any atom is 0.119 e. The largest absolute Gasteiger partial charge is 0.494 e. The highest BCUT2D eigenvalue weighted by atomic mass is 16.5. The Morgan fingerprint density at radius 1 is 1.21 bits per heavy atom. The van der Waals surface area contributed by atoms with E-state index in [1.807, 2.05) is 24.3 Å². The molecule has 2 aliphatic heterocycles. The number of hydrogen-bond donors (Lipinski definition) is 0. The number of piperidine rings is 1. The predicted octanol–water partition coefficient (Wildman–Crippen LogP) is 3.28. The molecular formula is C20H29N3O. The van der Waals surface area contributed by atoms with Gasteiger partial charge in [-0.25, -0.2) is 0 Å². The van der Waals surface area contributed by atoms with Crippen LogP contribution in [0, 0.1) is 11.3 Å². The highest BCUT2D eigenvalue weighted by molar-refractivity contribution is 5.34. The van der Waals surface area contributed by atoms with Crippen LogP contribution < -0.4 is 4.74 Å². The zero-order valence-electron chi connectivity index (χ0n) is 14.8. The SMILES string of the molecule is C[C@H](CCCOc1ccc(C#N)cc1)N1CCN2CCCC[C@H]2C1. The Labute approximate surface area is 146 Å². The quantitative estimate of drug-likeness (QED) is 0.752. The summed E-state index contributed by atoms with van der Waals surface area (Å²) in [6.07, 6.45) is 6.43. The summed E-state index contributed by atoms with van der Waals surface area (Å²) in [5.74, 6) is 0.859. The standard InChI is InChI=1S/C20H29N3O/c1-17(23-13-12-22-11-3-2-6-19(22)16-23)5-4-14-24-20-9-7-18(15-21)8-10-20/h7-10,17,19H,2-6,11-14,16H2,1H3/t17-,19+/m1/s1. The van der Waals surface area contributed by atoms with Gasteiger partial charge in [-0.2, -0.15) is 5.26 Å². The molecule has 0 aliphatic carbocycles. The van der Waals surface area contributed by atoms with E-state index in [-0.39, 0.29) is 0 Å². The Morgan fingerprint density at radius 2 is 2.04 bits per heavy atom. The van der Waals surface area contributed by atoms with Crippen molar-refractivity contribution in [2.24, 2.45) is 0 Å². The molecule has 2 aliphatic rings. The molecule has 0 spiro atoms. The third-order valence-electron chi connectivity index (χ3n) is 5.51. The highest BCUT2D eigenvalue weighted by Gasteiger charge is 2.30. The first-order valence-corrected chi connectivity index (χ1v) is 9.37. The van der Waals surface area contributed by atoms with E-state index in [4.69, 9.17) is 10.00 Å². The minimum atomic E-state index is 0.638. The van der Waals surface area contributed by atoms with Crippen LogP contribution in [0.25, 0.3) is 0 Å². The van der Waals surface area contributed by atoms with E-state index < -0.39 is 0 Å². The Hall–Kier alpha value is -1.57. The van der Waals surface area contributed by atoms with Crippen molar-refractivity contribution < 1.29 is 4.74 Å². The van der Waals surface area contributed by atoms with Crippen molar-refractivity contribution in [2.45, 2.75) is 51.1 Å². The van der Waals surface area contributed by atoms with Crippen LogP contribution >= 0.6 is 0 Å². The Morgan fingerprint density at radius 3 is 2.83 bits per heavy atom. The molecule has 0 unspecified atom stereocenters. The van der Waals surface area contributed by atoms with Crippen LogP contribution in [0.15, 0.2) is 24.3 Å². The molecule has 24 heavy (non-hydrogen) atoms. The molecule has 2 heterocycles. The number of benzene rings is 1. The Kier molecular flexibility index (Phi) is 6.12. The van der Waals surface area contributed by atoms with Crippen LogP contribution in [0.4, 0.5) is 0 Å². The van der Waals surface area contributed by atoms with Crippen molar-refractivity contribution in [2.75, 3.05) is 32.8 Å². The summed E-state index contributed by atoms with van der Waals surface area (Å²) < 4.78 is 5.79. The summed E-state index contributed by atoms with van der Waals surface area (Å²) in [5, 5.41) is 8.80. The molecule has 3 rings (SSSR count). The molecule has 4 heteroatoms. The monoisotopic (exact) mass is 327 g/mol. The minimum absolute atomic E-state index is 0.638. The average molecular weight is 327 g/mol. The van der Waals surface area contributed by atoms with Gasteiger partial charge in [-0.15, -0.1) is 0 Å². The third-order valence-corrected chi connectivity index (χ3v) is 5.51. The zero-order chi connectivity index (χ0) is 16.8. The van der Waals surface area contributed by atoms with Crippen molar-refractivity contribution in [3.05, 3.63) is 29.8 Å². The van der Waals surface area contributed by atoms with E-state index in [2.05, 4.69) is 22.8 Å². The van der Waals surface area contributed by atoms with Gasteiger partial charge >= 0.3 is 0 Å². The lowest BCUT2D eigenvalue weighted by Crippen LogP contribution is -2.56. The van der Waals surface area contributed by atoms with Gasteiger partial charge in [-0.3, -0.25) is 9.80 Å². The highest BCUT2D eigenvalue weighted by Crippen LogP contribution is 2.23. The topological polar surface area (TPSA) is 39.5 Å². The lowest BCUT2D eigenvalue weighted by molar-refractivity contribution is 0.0282. The first-order valence-electron chi connectivity index (χ1n) is 9.37. The van der Waals surface area contributed by atoms with Crippen LogP contribution in [0.1, 0.15) is 44.6 Å². The molecule has 0 bridgehead atoms. The van der Waals surface area contributed by atoms with Crippen molar-refractivity contribution in [1.82, 2.24) is 9.80 Å². The van der Waals surface area contributed by atoms with E-state index in [9.17, 15) is 0 Å². The summed E-state index contributed by atoms with van der Waals surface area (Å²) in [7, 11) is 0. The van der Waals surface area contributed by atoms with Gasteiger partial charge in [-0.05, 0) is 63.4 Å². The molecular weight excluding hydrogens is 298 g/mol. The first-order chi connectivity index (χ1) is 11.8. The van der Waals surface area contributed by atoms with Crippen LogP contribution in [-0.4, -0.2) is 54.7 Å². The molecule has 1 aromatic carbocycles. The fourth-order valence-corrected chi connectivity index (χ4v) is 3.96. The number of ether oxygens (including phenoxy) is 1. The fraction of sp³-hybridized carbons (Fsp3) is 0.650. The molecule has 0 radical (unpaired) electrons. The van der Waals surface area contributed by atoms with Gasteiger partial charge in [-0.1, -0.05) is 6.42 Å². The van der Waals surface area contributed by atoms with Crippen molar-refractivity contribution >= 4 is 0 Å². The van der Waals surface area contributed by atoms with Gasteiger partial charge in [0.1, 0.15) is 5.75 Å². The molecule has 0 N–H and O–H groups in total. The van der Waals surface area contributed by atoms with Crippen LogP contribution in [0.5, 0.6) is 5.75 Å². The maximum absolute atomic E-state index is 8.80. The first kappa shape index (κ1) is 17.3.